The molecule has 0 radical (unpaired) electrons. The van der Waals surface area contributed by atoms with E-state index in [-0.39, 0.29) is 24.0 Å². The molecule has 0 spiro atoms. The summed E-state index contributed by atoms with van der Waals surface area (Å²) in [5.74, 6) is 1.17. The number of amides is 1. The molecule has 210 valence electrons. The third-order valence-electron chi connectivity index (χ3n) is 7.15. The van der Waals surface area contributed by atoms with E-state index in [9.17, 15) is 14.7 Å². The Balaban J connectivity index is 1.59. The molecule has 2 aliphatic rings. The number of aliphatic hydroxyl groups is 1. The van der Waals surface area contributed by atoms with Crippen LogP contribution in [0.1, 0.15) is 62.6 Å². The fraction of sp³-hybridized carbons (Fsp3) is 0.375. The summed E-state index contributed by atoms with van der Waals surface area (Å²) in [6, 6.07) is 13.3. The molecule has 0 bridgehead atoms. The Labute approximate surface area is 234 Å². The molecule has 0 unspecified atom stereocenters. The van der Waals surface area contributed by atoms with Gasteiger partial charge in [0.2, 0.25) is 0 Å². The number of carbonyl (C=O) groups excluding carboxylic acids is 2. The number of fused-ring (bicyclic) bond motifs is 1. The van der Waals surface area contributed by atoms with Crippen molar-refractivity contribution in [2.24, 2.45) is 5.92 Å². The first kappa shape index (κ1) is 27.4. The maximum atomic E-state index is 13.5. The van der Waals surface area contributed by atoms with Gasteiger partial charge in [0.25, 0.3) is 11.7 Å². The monoisotopic (exact) mass is 545 g/mol. The number of furan rings is 1. The second-order valence-corrected chi connectivity index (χ2v) is 10.6. The fourth-order valence-corrected chi connectivity index (χ4v) is 5.17. The van der Waals surface area contributed by atoms with Crippen molar-refractivity contribution in [3.05, 3.63) is 82.8 Å². The lowest BCUT2D eigenvalue weighted by molar-refractivity contribution is -0.140. The van der Waals surface area contributed by atoms with Gasteiger partial charge in [0.15, 0.2) is 11.5 Å². The molecule has 40 heavy (non-hydrogen) atoms. The number of hydrogen-bond donors (Lipinski definition) is 1. The predicted octanol–water partition coefficient (Wildman–Crippen LogP) is 6.05. The quantitative estimate of drug-likeness (QED) is 0.188. The molecule has 2 atom stereocenters. The molecule has 5 rings (SSSR count). The van der Waals surface area contributed by atoms with Gasteiger partial charge in [-0.1, -0.05) is 19.9 Å². The number of likely N-dealkylation sites (tertiary alicyclic amines) is 1. The number of ether oxygens (including phenoxy) is 3. The van der Waals surface area contributed by atoms with Crippen molar-refractivity contribution in [2.75, 3.05) is 13.2 Å². The number of Topliss-reactive ketones (excluding diaryl/α,β-unsaturated/α-hetero) is 1. The summed E-state index contributed by atoms with van der Waals surface area (Å²) in [5, 5.41) is 11.5. The van der Waals surface area contributed by atoms with Gasteiger partial charge < -0.3 is 28.6 Å². The van der Waals surface area contributed by atoms with E-state index < -0.39 is 17.7 Å². The second-order valence-electron chi connectivity index (χ2n) is 10.6. The standard InChI is InChI=1S/C32H35NO7/c1-5-37-27-17-21(8-11-26(27)39-14-12-19(2)3)29-28(31(35)32(36)33(29)18-24-7-6-13-38-24)30(34)22-9-10-25-23(16-22)15-20(4)40-25/h6-11,13,16-17,19-20,29,34H,5,12,14-15,18H2,1-4H3/b30-28+/t20-,29-/m1/s1. The number of hydrogen-bond acceptors (Lipinski definition) is 7. The number of nitrogens with zero attached hydrogens (tertiary/aromatic N) is 1. The average molecular weight is 546 g/mol. The highest BCUT2D eigenvalue weighted by molar-refractivity contribution is 6.46. The molecule has 0 aliphatic carbocycles. The zero-order chi connectivity index (χ0) is 28.4. The van der Waals surface area contributed by atoms with Crippen molar-refractivity contribution in [3.63, 3.8) is 0 Å². The smallest absolute Gasteiger partial charge is 0.296 e. The molecule has 1 aromatic heterocycles. The molecule has 2 aliphatic heterocycles. The van der Waals surface area contributed by atoms with Gasteiger partial charge in [-0.15, -0.1) is 0 Å². The lowest BCUT2D eigenvalue weighted by Gasteiger charge is -2.25. The molecule has 8 nitrogen and oxygen atoms in total. The van der Waals surface area contributed by atoms with Crippen LogP contribution in [0.25, 0.3) is 5.76 Å². The summed E-state index contributed by atoms with van der Waals surface area (Å²) in [7, 11) is 0. The summed E-state index contributed by atoms with van der Waals surface area (Å²) in [6.45, 7) is 9.13. The van der Waals surface area contributed by atoms with Crippen molar-refractivity contribution in [2.45, 2.75) is 59.2 Å². The molecule has 3 heterocycles. The Hall–Kier alpha value is -4.20. The van der Waals surface area contributed by atoms with Gasteiger partial charge in [0.1, 0.15) is 23.4 Å². The highest BCUT2D eigenvalue weighted by atomic mass is 16.5. The molecule has 2 aromatic carbocycles. The molecular weight excluding hydrogens is 510 g/mol. The van der Waals surface area contributed by atoms with Crippen LogP contribution in [0.4, 0.5) is 0 Å². The van der Waals surface area contributed by atoms with Crippen LogP contribution in [0.2, 0.25) is 0 Å². The van der Waals surface area contributed by atoms with E-state index in [4.69, 9.17) is 18.6 Å². The zero-order valence-electron chi connectivity index (χ0n) is 23.3. The molecule has 0 saturated carbocycles. The molecule has 1 saturated heterocycles. The summed E-state index contributed by atoms with van der Waals surface area (Å²) in [6.07, 6.45) is 3.14. The van der Waals surface area contributed by atoms with Crippen molar-refractivity contribution in [1.82, 2.24) is 4.90 Å². The SMILES string of the molecule is CCOc1cc([C@@H]2/C(=C(\O)c3ccc4c(c3)C[C@@H](C)O4)C(=O)C(=O)N2Cc2ccco2)ccc1OCCC(C)C. The maximum Gasteiger partial charge on any atom is 0.296 e. The first-order valence-electron chi connectivity index (χ1n) is 13.8. The molecule has 1 amide bonds. The number of benzene rings is 2. The molecule has 1 N–H and O–H groups in total. The second kappa shape index (κ2) is 11.5. The van der Waals surface area contributed by atoms with E-state index in [0.29, 0.717) is 53.9 Å². The van der Waals surface area contributed by atoms with Gasteiger partial charge in [-0.2, -0.15) is 0 Å². The molecular formula is C32H35NO7. The molecule has 1 fully saturated rings. The van der Waals surface area contributed by atoms with Crippen LogP contribution in [0, 0.1) is 5.92 Å². The minimum Gasteiger partial charge on any atom is -0.507 e. The third-order valence-corrected chi connectivity index (χ3v) is 7.15. The van der Waals surface area contributed by atoms with Gasteiger partial charge in [0, 0.05) is 12.0 Å². The lowest BCUT2D eigenvalue weighted by atomic mass is 9.94. The maximum absolute atomic E-state index is 13.5. The van der Waals surface area contributed by atoms with E-state index >= 15 is 0 Å². The summed E-state index contributed by atoms with van der Waals surface area (Å²) >= 11 is 0. The fourth-order valence-electron chi connectivity index (χ4n) is 5.17. The van der Waals surface area contributed by atoms with Gasteiger partial charge >= 0.3 is 0 Å². The van der Waals surface area contributed by atoms with Crippen LogP contribution in [0.5, 0.6) is 17.2 Å². The van der Waals surface area contributed by atoms with E-state index in [2.05, 4.69) is 13.8 Å². The molecule has 3 aromatic rings. The normalized spacial score (nSPS) is 19.7. The Morgan fingerprint density at radius 3 is 2.65 bits per heavy atom. The lowest BCUT2D eigenvalue weighted by Crippen LogP contribution is -2.29. The van der Waals surface area contributed by atoms with Crippen LogP contribution >= 0.6 is 0 Å². The number of carbonyl (C=O) groups is 2. The van der Waals surface area contributed by atoms with Gasteiger partial charge in [-0.05, 0) is 79.8 Å². The predicted molar refractivity (Wildman–Crippen MR) is 149 cm³/mol. The van der Waals surface area contributed by atoms with Crippen molar-refractivity contribution >= 4 is 17.4 Å². The minimum absolute atomic E-state index is 0.0133. The van der Waals surface area contributed by atoms with Crippen LogP contribution in [0.15, 0.2) is 64.8 Å². The van der Waals surface area contributed by atoms with E-state index in [0.717, 1.165) is 17.7 Å². The van der Waals surface area contributed by atoms with E-state index in [1.165, 1.54) is 11.2 Å². The van der Waals surface area contributed by atoms with Crippen LogP contribution in [-0.2, 0) is 22.6 Å². The van der Waals surface area contributed by atoms with Crippen molar-refractivity contribution < 1.29 is 33.3 Å². The van der Waals surface area contributed by atoms with Crippen LogP contribution in [-0.4, -0.2) is 41.0 Å². The first-order chi connectivity index (χ1) is 19.3. The Kier molecular flexibility index (Phi) is 7.87. The van der Waals surface area contributed by atoms with Crippen molar-refractivity contribution in [1.29, 1.82) is 0 Å². The topological polar surface area (TPSA) is 98.4 Å². The number of aliphatic hydroxyl groups excluding tert-OH is 1. The first-order valence-corrected chi connectivity index (χ1v) is 13.8. The van der Waals surface area contributed by atoms with Gasteiger partial charge in [-0.3, -0.25) is 9.59 Å². The number of rotatable bonds is 10. The summed E-state index contributed by atoms with van der Waals surface area (Å²) in [5.41, 5.74) is 2.03. The van der Waals surface area contributed by atoms with Gasteiger partial charge in [-0.25, -0.2) is 0 Å². The van der Waals surface area contributed by atoms with E-state index in [1.54, 1.807) is 36.4 Å². The molecule has 8 heteroatoms. The summed E-state index contributed by atoms with van der Waals surface area (Å²) < 4.78 is 23.2. The Bertz CT molecular complexity index is 1420. The van der Waals surface area contributed by atoms with E-state index in [1.807, 2.05) is 26.0 Å². The van der Waals surface area contributed by atoms with Gasteiger partial charge in [0.05, 0.1) is 37.6 Å². The third kappa shape index (κ3) is 5.43. The largest absolute Gasteiger partial charge is 0.507 e. The van der Waals surface area contributed by atoms with Crippen LogP contribution < -0.4 is 14.2 Å². The Morgan fingerprint density at radius 1 is 1.10 bits per heavy atom. The summed E-state index contributed by atoms with van der Waals surface area (Å²) in [4.78, 5) is 28.3. The zero-order valence-corrected chi connectivity index (χ0v) is 23.3. The highest BCUT2D eigenvalue weighted by Crippen LogP contribution is 2.43. The average Bonchev–Trinajstić information content (AvgIpc) is 3.63. The Morgan fingerprint density at radius 2 is 1.93 bits per heavy atom. The van der Waals surface area contributed by atoms with Crippen LogP contribution in [0.3, 0.4) is 0 Å². The minimum atomic E-state index is -0.863. The number of ketones is 1. The van der Waals surface area contributed by atoms with Crippen molar-refractivity contribution in [3.8, 4) is 17.2 Å². The highest BCUT2D eigenvalue weighted by Gasteiger charge is 2.46.